The number of carbonyl (C=O) groups excluding carboxylic acids is 1. The van der Waals surface area contributed by atoms with Gasteiger partial charge in [0.25, 0.3) is 0 Å². The Morgan fingerprint density at radius 3 is 2.52 bits per heavy atom. The second kappa shape index (κ2) is 16.2. The zero-order chi connectivity index (χ0) is 28.7. The van der Waals surface area contributed by atoms with Gasteiger partial charge in [-0.2, -0.15) is 0 Å². The molecular weight excluding hydrogens is 496 g/mol. The lowest BCUT2D eigenvalue weighted by molar-refractivity contribution is -0.120. The van der Waals surface area contributed by atoms with E-state index in [-0.39, 0.29) is 18.1 Å². The SMILES string of the molecule is C#CC/C=C(/C)N(CC)c1ccc(C(CNC(C)Cc2cccc(CC(=O)NCc3ccccc3)c2)OC)cn1. The third kappa shape index (κ3) is 9.68. The molecule has 6 heteroatoms. The number of nitrogens with one attached hydrogen (secondary N) is 2. The van der Waals surface area contributed by atoms with Gasteiger partial charge in [-0.1, -0.05) is 66.7 Å². The summed E-state index contributed by atoms with van der Waals surface area (Å²) in [5.41, 5.74) is 5.42. The van der Waals surface area contributed by atoms with Gasteiger partial charge in [-0.25, -0.2) is 4.98 Å². The summed E-state index contributed by atoms with van der Waals surface area (Å²) in [6, 6.07) is 22.5. The predicted octanol–water partition coefficient (Wildman–Crippen LogP) is 5.60. The molecule has 0 fully saturated rings. The second-order valence-corrected chi connectivity index (χ2v) is 9.94. The maximum Gasteiger partial charge on any atom is 0.224 e. The van der Waals surface area contributed by atoms with Crippen molar-refractivity contribution in [3.63, 3.8) is 0 Å². The Morgan fingerprint density at radius 1 is 1.10 bits per heavy atom. The van der Waals surface area contributed by atoms with E-state index in [1.165, 1.54) is 5.56 Å². The summed E-state index contributed by atoms with van der Waals surface area (Å²) in [4.78, 5) is 19.3. The van der Waals surface area contributed by atoms with Gasteiger partial charge in [0, 0.05) is 56.7 Å². The van der Waals surface area contributed by atoms with Gasteiger partial charge in [0.1, 0.15) is 5.82 Å². The Labute approximate surface area is 239 Å². The van der Waals surface area contributed by atoms with Crippen LogP contribution in [0.1, 0.15) is 55.5 Å². The molecule has 2 aromatic carbocycles. The number of anilines is 1. The number of aromatic nitrogens is 1. The van der Waals surface area contributed by atoms with Gasteiger partial charge in [0.05, 0.1) is 12.5 Å². The standard InChI is InChI=1S/C34H42N4O2/c1-6-8-13-27(4)38(7-2)33-19-18-31(24-36-33)32(40-5)25-35-26(3)20-29-16-12-17-30(21-29)22-34(39)37-23-28-14-10-9-11-15-28/h1,9-19,21,24,26,32,35H,7-8,20,22-23,25H2,2-5H3,(H,37,39)/b27-13-. The van der Waals surface area contributed by atoms with Crippen LogP contribution in [-0.4, -0.2) is 37.1 Å². The predicted molar refractivity (Wildman–Crippen MR) is 164 cm³/mol. The van der Waals surface area contributed by atoms with Crippen LogP contribution in [0, 0.1) is 12.3 Å². The average Bonchev–Trinajstić information content (AvgIpc) is 2.97. The van der Waals surface area contributed by atoms with Crippen molar-refractivity contribution >= 4 is 11.7 Å². The third-order valence-corrected chi connectivity index (χ3v) is 6.84. The number of benzene rings is 2. The summed E-state index contributed by atoms with van der Waals surface area (Å²) >= 11 is 0. The summed E-state index contributed by atoms with van der Waals surface area (Å²) in [6.07, 6.45) is 11.0. The smallest absolute Gasteiger partial charge is 0.224 e. The molecule has 0 saturated heterocycles. The first-order valence-electron chi connectivity index (χ1n) is 13.9. The molecule has 1 aromatic heterocycles. The highest BCUT2D eigenvalue weighted by molar-refractivity contribution is 5.78. The van der Waals surface area contributed by atoms with E-state index in [0.717, 1.165) is 41.2 Å². The zero-order valence-electron chi connectivity index (χ0n) is 24.2. The largest absolute Gasteiger partial charge is 0.375 e. The lowest BCUT2D eigenvalue weighted by atomic mass is 10.0. The van der Waals surface area contributed by atoms with E-state index in [9.17, 15) is 4.79 Å². The molecule has 3 aromatic rings. The molecule has 0 saturated carbocycles. The molecule has 6 nitrogen and oxygen atoms in total. The normalized spacial score (nSPS) is 12.8. The number of carbonyl (C=O) groups is 1. The fourth-order valence-corrected chi connectivity index (χ4v) is 4.64. The maximum absolute atomic E-state index is 12.5. The van der Waals surface area contributed by atoms with Gasteiger partial charge >= 0.3 is 0 Å². The number of hydrogen-bond acceptors (Lipinski definition) is 5. The number of ether oxygens (including phenoxy) is 1. The van der Waals surface area contributed by atoms with Crippen LogP contribution in [0.25, 0.3) is 0 Å². The number of pyridine rings is 1. The van der Waals surface area contributed by atoms with Crippen LogP contribution in [-0.2, 0) is 28.9 Å². The van der Waals surface area contributed by atoms with Crippen molar-refractivity contribution in [3.8, 4) is 12.3 Å². The summed E-state index contributed by atoms with van der Waals surface area (Å²) in [5, 5.41) is 6.60. The molecule has 2 atom stereocenters. The first-order valence-corrected chi connectivity index (χ1v) is 13.9. The van der Waals surface area contributed by atoms with Crippen LogP contribution < -0.4 is 15.5 Å². The Bertz CT molecular complexity index is 1270. The lowest BCUT2D eigenvalue weighted by Crippen LogP contribution is -2.32. The van der Waals surface area contributed by atoms with Crippen molar-refractivity contribution in [2.45, 2.75) is 58.7 Å². The van der Waals surface area contributed by atoms with Crippen LogP contribution in [0.15, 0.2) is 84.7 Å². The minimum absolute atomic E-state index is 0.0237. The molecule has 210 valence electrons. The Hall–Kier alpha value is -3.92. The molecule has 40 heavy (non-hydrogen) atoms. The van der Waals surface area contributed by atoms with E-state index in [1.54, 1.807) is 7.11 Å². The Kier molecular flexibility index (Phi) is 12.4. The molecule has 0 radical (unpaired) electrons. The number of terminal acetylenes is 1. The molecule has 0 aliphatic carbocycles. The molecule has 2 unspecified atom stereocenters. The van der Waals surface area contributed by atoms with Gasteiger partial charge in [-0.15, -0.1) is 12.3 Å². The van der Waals surface area contributed by atoms with Crippen molar-refractivity contribution in [1.29, 1.82) is 0 Å². The molecular formula is C34H42N4O2. The van der Waals surface area contributed by atoms with E-state index in [0.29, 0.717) is 25.9 Å². The molecule has 0 aliphatic heterocycles. The second-order valence-electron chi connectivity index (χ2n) is 9.94. The highest BCUT2D eigenvalue weighted by atomic mass is 16.5. The number of amides is 1. The maximum atomic E-state index is 12.5. The summed E-state index contributed by atoms with van der Waals surface area (Å²) in [6.45, 7) is 8.33. The van der Waals surface area contributed by atoms with E-state index >= 15 is 0 Å². The number of hydrogen-bond donors (Lipinski definition) is 2. The number of nitrogens with zero attached hydrogens (tertiary/aromatic N) is 2. The van der Waals surface area contributed by atoms with Gasteiger partial charge < -0.3 is 20.3 Å². The molecule has 0 bridgehead atoms. The number of allylic oxidation sites excluding steroid dienone is 2. The average molecular weight is 539 g/mol. The zero-order valence-corrected chi connectivity index (χ0v) is 24.2. The fraction of sp³-hybridized carbons (Fsp3) is 0.353. The van der Waals surface area contributed by atoms with E-state index in [1.807, 2.05) is 60.8 Å². The lowest BCUT2D eigenvalue weighted by Gasteiger charge is -2.24. The van der Waals surface area contributed by atoms with Gasteiger partial charge in [-0.3, -0.25) is 4.79 Å². The Balaban J connectivity index is 1.51. The highest BCUT2D eigenvalue weighted by Gasteiger charge is 2.15. The van der Waals surface area contributed by atoms with Crippen LogP contribution in [0.3, 0.4) is 0 Å². The molecule has 3 rings (SSSR count). The van der Waals surface area contributed by atoms with Crippen molar-refractivity contribution < 1.29 is 9.53 Å². The van der Waals surface area contributed by atoms with Gasteiger partial charge in [0.2, 0.25) is 5.91 Å². The van der Waals surface area contributed by atoms with Crippen molar-refractivity contribution in [1.82, 2.24) is 15.6 Å². The summed E-state index contributed by atoms with van der Waals surface area (Å²) < 4.78 is 5.79. The Morgan fingerprint density at radius 2 is 1.85 bits per heavy atom. The van der Waals surface area contributed by atoms with Gasteiger partial charge in [-0.05, 0) is 49.9 Å². The fourth-order valence-electron chi connectivity index (χ4n) is 4.64. The van der Waals surface area contributed by atoms with Crippen molar-refractivity contribution in [3.05, 3.63) is 107 Å². The molecule has 1 amide bonds. The molecule has 2 N–H and O–H groups in total. The first-order chi connectivity index (χ1) is 19.4. The minimum atomic E-state index is -0.114. The van der Waals surface area contributed by atoms with Crippen LogP contribution in [0.2, 0.25) is 0 Å². The summed E-state index contributed by atoms with van der Waals surface area (Å²) in [5.74, 6) is 3.57. The minimum Gasteiger partial charge on any atom is -0.375 e. The van der Waals surface area contributed by atoms with Crippen molar-refractivity contribution in [2.24, 2.45) is 0 Å². The molecule has 0 spiro atoms. The number of rotatable bonds is 15. The van der Waals surface area contributed by atoms with Crippen LogP contribution >= 0.6 is 0 Å². The first kappa shape index (κ1) is 30.6. The molecule has 1 heterocycles. The van der Waals surface area contributed by atoms with Gasteiger partial charge in [0.15, 0.2) is 0 Å². The monoisotopic (exact) mass is 538 g/mol. The topological polar surface area (TPSA) is 66.5 Å². The van der Waals surface area contributed by atoms with E-state index in [2.05, 4.69) is 60.4 Å². The third-order valence-electron chi connectivity index (χ3n) is 6.84. The van der Waals surface area contributed by atoms with E-state index in [4.69, 9.17) is 16.1 Å². The molecule has 0 aliphatic rings. The van der Waals surface area contributed by atoms with Crippen molar-refractivity contribution in [2.75, 3.05) is 25.1 Å². The summed E-state index contributed by atoms with van der Waals surface area (Å²) in [7, 11) is 1.72. The number of methoxy groups -OCH3 is 1. The van der Waals surface area contributed by atoms with Crippen LogP contribution in [0.4, 0.5) is 5.82 Å². The van der Waals surface area contributed by atoms with E-state index < -0.39 is 0 Å². The van der Waals surface area contributed by atoms with Crippen LogP contribution in [0.5, 0.6) is 0 Å². The quantitative estimate of drug-likeness (QED) is 0.247. The highest BCUT2D eigenvalue weighted by Crippen LogP contribution is 2.21.